The van der Waals surface area contributed by atoms with E-state index in [0.717, 1.165) is 22.9 Å². The number of methoxy groups -OCH3 is 1. The number of amides is 1. The lowest BCUT2D eigenvalue weighted by molar-refractivity contribution is -0.143. The predicted molar refractivity (Wildman–Crippen MR) is 154 cm³/mol. The van der Waals surface area contributed by atoms with E-state index in [2.05, 4.69) is 15.3 Å². The summed E-state index contributed by atoms with van der Waals surface area (Å²) < 4.78 is 52.1. The Hall–Kier alpha value is -4.15. The van der Waals surface area contributed by atoms with Gasteiger partial charge < -0.3 is 19.7 Å². The molecule has 0 atom stereocenters. The normalized spacial score (nSPS) is 16.3. The average Bonchev–Trinajstić information content (AvgIpc) is 3.72. The number of nitrogens with zero attached hydrogens (tertiary/aromatic N) is 3. The van der Waals surface area contributed by atoms with Crippen LogP contribution < -0.4 is 5.32 Å². The summed E-state index contributed by atoms with van der Waals surface area (Å²) in [6.45, 7) is 6.58. The number of hydrogen-bond acceptors (Lipinski definition) is 7. The average molecular weight is 597 g/mol. The molecule has 43 heavy (non-hydrogen) atoms. The molecule has 1 saturated heterocycles. The van der Waals surface area contributed by atoms with Crippen molar-refractivity contribution in [3.63, 3.8) is 0 Å². The summed E-state index contributed by atoms with van der Waals surface area (Å²) in [5.41, 5.74) is 0.957. The lowest BCUT2D eigenvalue weighted by Crippen LogP contribution is -2.50. The highest BCUT2D eigenvalue weighted by Gasteiger charge is 2.53. The summed E-state index contributed by atoms with van der Waals surface area (Å²) in [4.78, 5) is 34.5. The number of aromatic nitrogens is 2. The number of carbonyl (C=O) groups is 2. The van der Waals surface area contributed by atoms with Gasteiger partial charge in [-0.25, -0.2) is 14.8 Å². The standard InChI is InChI=1S/C32H35F3N4O4/c1-30(2,3)43-29(41)39-18-22(19-39)20-9-12-23(13-10-20)37-28-36-17-25(32(33,34)35)26(38-28)14-11-21-7-5-6-8-24(21)31(15-16-31)27(40)42-4/h5-10,12-13,17,22H,11,14-16,18-19H2,1-4H3,(H,36,37,38). The summed E-state index contributed by atoms with van der Waals surface area (Å²) in [5.74, 6) is -0.0996. The second-order valence-corrected chi connectivity index (χ2v) is 12.1. The molecule has 2 aliphatic rings. The van der Waals surface area contributed by atoms with Crippen molar-refractivity contribution in [3.8, 4) is 0 Å². The number of aryl methyl sites for hydroxylation is 2. The Kier molecular flexibility index (Phi) is 8.11. The Morgan fingerprint density at radius 2 is 1.70 bits per heavy atom. The van der Waals surface area contributed by atoms with Crippen molar-refractivity contribution < 1.29 is 32.2 Å². The third kappa shape index (κ3) is 6.76. The van der Waals surface area contributed by atoms with Crippen LogP contribution in [0.15, 0.2) is 54.7 Å². The number of hydrogen-bond donors (Lipinski definition) is 1. The molecule has 2 heterocycles. The molecule has 8 nitrogen and oxygen atoms in total. The third-order valence-electron chi connectivity index (χ3n) is 7.83. The van der Waals surface area contributed by atoms with Crippen LogP contribution in [0.5, 0.6) is 0 Å². The number of likely N-dealkylation sites (tertiary alicyclic amines) is 1. The first-order valence-corrected chi connectivity index (χ1v) is 14.2. The minimum Gasteiger partial charge on any atom is -0.468 e. The Labute approximate surface area is 248 Å². The second kappa shape index (κ2) is 11.5. The van der Waals surface area contributed by atoms with Crippen LogP contribution in [0.3, 0.4) is 0 Å². The highest BCUT2D eigenvalue weighted by molar-refractivity contribution is 5.87. The van der Waals surface area contributed by atoms with Gasteiger partial charge in [0, 0.05) is 30.9 Å². The van der Waals surface area contributed by atoms with Gasteiger partial charge in [0.15, 0.2) is 0 Å². The molecule has 11 heteroatoms. The van der Waals surface area contributed by atoms with E-state index in [4.69, 9.17) is 9.47 Å². The molecule has 1 aliphatic carbocycles. The molecule has 2 aromatic carbocycles. The molecule has 5 rings (SSSR count). The quantitative estimate of drug-likeness (QED) is 0.294. The minimum atomic E-state index is -4.62. The van der Waals surface area contributed by atoms with Crippen LogP contribution in [0.4, 0.5) is 29.6 Å². The first-order valence-electron chi connectivity index (χ1n) is 14.2. The number of anilines is 2. The second-order valence-electron chi connectivity index (χ2n) is 12.1. The smallest absolute Gasteiger partial charge is 0.419 e. The van der Waals surface area contributed by atoms with Crippen molar-refractivity contribution in [1.82, 2.24) is 14.9 Å². The van der Waals surface area contributed by atoms with Crippen molar-refractivity contribution in [1.29, 1.82) is 0 Å². The molecule has 1 N–H and O–H groups in total. The van der Waals surface area contributed by atoms with Crippen LogP contribution in [-0.2, 0) is 38.7 Å². The van der Waals surface area contributed by atoms with E-state index < -0.39 is 22.8 Å². The van der Waals surface area contributed by atoms with Gasteiger partial charge in [0.25, 0.3) is 0 Å². The fraction of sp³-hybridized carbons (Fsp3) is 0.438. The zero-order valence-electron chi connectivity index (χ0n) is 24.6. The van der Waals surface area contributed by atoms with E-state index in [1.54, 1.807) is 4.90 Å². The van der Waals surface area contributed by atoms with Crippen LogP contribution in [0, 0.1) is 0 Å². The maximum Gasteiger partial charge on any atom is 0.419 e. The topological polar surface area (TPSA) is 93.7 Å². The van der Waals surface area contributed by atoms with Crippen molar-refractivity contribution in [2.75, 3.05) is 25.5 Å². The van der Waals surface area contributed by atoms with Crippen LogP contribution >= 0.6 is 0 Å². The lowest BCUT2D eigenvalue weighted by Gasteiger charge is -2.40. The first-order chi connectivity index (χ1) is 20.3. The minimum absolute atomic E-state index is 0.00900. The highest BCUT2D eigenvalue weighted by Crippen LogP contribution is 2.50. The maximum atomic E-state index is 13.9. The number of halogens is 3. The van der Waals surface area contributed by atoms with Gasteiger partial charge in [-0.15, -0.1) is 0 Å². The van der Waals surface area contributed by atoms with Crippen LogP contribution in [0.25, 0.3) is 0 Å². The molecule has 228 valence electrons. The van der Waals surface area contributed by atoms with Crippen LogP contribution in [0.2, 0.25) is 0 Å². The molecule has 0 bridgehead atoms. The Bertz CT molecular complexity index is 1490. The Morgan fingerprint density at radius 3 is 2.30 bits per heavy atom. The van der Waals surface area contributed by atoms with E-state index in [9.17, 15) is 22.8 Å². The zero-order chi connectivity index (χ0) is 31.0. The van der Waals surface area contributed by atoms with E-state index in [0.29, 0.717) is 31.6 Å². The van der Waals surface area contributed by atoms with E-state index >= 15 is 0 Å². The van der Waals surface area contributed by atoms with Gasteiger partial charge in [-0.1, -0.05) is 36.4 Å². The van der Waals surface area contributed by atoms with E-state index in [1.807, 2.05) is 69.3 Å². The van der Waals surface area contributed by atoms with Gasteiger partial charge in [0.05, 0.1) is 23.8 Å². The van der Waals surface area contributed by atoms with Gasteiger partial charge in [0.2, 0.25) is 5.95 Å². The molecule has 1 saturated carbocycles. The summed E-state index contributed by atoms with van der Waals surface area (Å²) in [6, 6.07) is 14.8. The lowest BCUT2D eigenvalue weighted by atomic mass is 9.89. The summed E-state index contributed by atoms with van der Waals surface area (Å²) in [7, 11) is 1.34. The largest absolute Gasteiger partial charge is 0.468 e. The Morgan fingerprint density at radius 1 is 1.02 bits per heavy atom. The Balaban J connectivity index is 1.27. The number of rotatable bonds is 8. The molecule has 1 amide bonds. The highest BCUT2D eigenvalue weighted by atomic mass is 19.4. The molecule has 0 radical (unpaired) electrons. The van der Waals surface area contributed by atoms with Crippen molar-refractivity contribution in [2.45, 2.75) is 69.6 Å². The molecule has 0 unspecified atom stereocenters. The van der Waals surface area contributed by atoms with E-state index in [-0.39, 0.29) is 42.5 Å². The molecule has 0 spiro atoms. The number of carbonyl (C=O) groups excluding carboxylic acids is 2. The third-order valence-corrected chi connectivity index (χ3v) is 7.83. The molecule has 1 aromatic heterocycles. The van der Waals surface area contributed by atoms with Gasteiger partial charge in [-0.05, 0) is 75.3 Å². The maximum absolute atomic E-state index is 13.9. The van der Waals surface area contributed by atoms with Crippen molar-refractivity contribution in [3.05, 3.63) is 82.7 Å². The molecular weight excluding hydrogens is 561 g/mol. The van der Waals surface area contributed by atoms with Crippen LogP contribution in [-0.4, -0.2) is 52.7 Å². The van der Waals surface area contributed by atoms with Gasteiger partial charge in [0.1, 0.15) is 5.60 Å². The summed E-state index contributed by atoms with van der Waals surface area (Å²) in [5, 5.41) is 3.01. The molecule has 2 fully saturated rings. The number of nitrogens with one attached hydrogen (secondary N) is 1. The van der Waals surface area contributed by atoms with Crippen LogP contribution in [0.1, 0.15) is 67.5 Å². The van der Waals surface area contributed by atoms with Crippen molar-refractivity contribution >= 4 is 23.7 Å². The summed E-state index contributed by atoms with van der Waals surface area (Å²) in [6.07, 6.45) is -2.58. The molecule has 3 aromatic rings. The first kappa shape index (κ1) is 30.3. The fourth-order valence-corrected chi connectivity index (χ4v) is 5.40. The number of ether oxygens (including phenoxy) is 2. The fourth-order valence-electron chi connectivity index (χ4n) is 5.40. The number of esters is 1. The monoisotopic (exact) mass is 596 g/mol. The van der Waals surface area contributed by atoms with Gasteiger partial charge in [-0.3, -0.25) is 4.79 Å². The SMILES string of the molecule is COC(=O)C1(c2ccccc2CCc2nc(Nc3ccc(C4CN(C(=O)OC(C)(C)C)C4)cc3)ncc2C(F)(F)F)CC1. The predicted octanol–water partition coefficient (Wildman–Crippen LogP) is 6.56. The number of benzene rings is 2. The molecular formula is C32H35F3N4O4. The number of alkyl halides is 3. The van der Waals surface area contributed by atoms with E-state index in [1.165, 1.54) is 7.11 Å². The van der Waals surface area contributed by atoms with Gasteiger partial charge >= 0.3 is 18.2 Å². The summed E-state index contributed by atoms with van der Waals surface area (Å²) >= 11 is 0. The van der Waals surface area contributed by atoms with Gasteiger partial charge in [-0.2, -0.15) is 13.2 Å². The zero-order valence-corrected chi connectivity index (χ0v) is 24.6. The molecule has 1 aliphatic heterocycles. The van der Waals surface area contributed by atoms with Crippen molar-refractivity contribution in [2.24, 2.45) is 0 Å².